The molecule has 0 aliphatic rings. The minimum atomic E-state index is 0.535. The molecule has 0 spiro atoms. The quantitative estimate of drug-likeness (QED) is 0.594. The van der Waals surface area contributed by atoms with Gasteiger partial charge in [-0.15, -0.1) is 0 Å². The SMILES string of the molecule is [As]c1ccccc1-c1nnc(-c2ccccc2[As])nn1. The standard InChI is InChI=1S/C14H8As2N4/c15-11-7-3-1-5-9(11)13-17-19-14(20-18-13)10-6-2-4-8-12(10)16/h1-8H. The van der Waals surface area contributed by atoms with Crippen LogP contribution in [0, 0.1) is 0 Å². The third-order valence-corrected chi connectivity index (χ3v) is 4.41. The van der Waals surface area contributed by atoms with E-state index in [4.69, 9.17) is 0 Å². The summed E-state index contributed by atoms with van der Waals surface area (Å²) in [5.74, 6) is 1.07. The Bertz CT molecular complexity index is 680. The van der Waals surface area contributed by atoms with Gasteiger partial charge in [0.05, 0.1) is 0 Å². The predicted molar refractivity (Wildman–Crippen MR) is 79.3 cm³/mol. The molecule has 1 heterocycles. The third kappa shape index (κ3) is 2.67. The minimum absolute atomic E-state index is 0.535. The average Bonchev–Trinajstić information content (AvgIpc) is 2.49. The second-order valence-electron chi connectivity index (χ2n) is 4.08. The molecule has 0 amide bonds. The summed E-state index contributed by atoms with van der Waals surface area (Å²) in [6.07, 6.45) is 0. The van der Waals surface area contributed by atoms with E-state index in [2.05, 4.69) is 54.1 Å². The molecule has 0 unspecified atom stereocenters. The van der Waals surface area contributed by atoms with Crippen LogP contribution in [0.3, 0.4) is 0 Å². The van der Waals surface area contributed by atoms with Gasteiger partial charge in [0.1, 0.15) is 0 Å². The van der Waals surface area contributed by atoms with Crippen molar-refractivity contribution in [1.82, 2.24) is 20.4 Å². The number of hydrogen-bond donors (Lipinski definition) is 0. The van der Waals surface area contributed by atoms with Gasteiger partial charge in [-0.05, 0) is 0 Å². The van der Waals surface area contributed by atoms with Crippen LogP contribution in [0.25, 0.3) is 22.8 Å². The van der Waals surface area contributed by atoms with E-state index in [-0.39, 0.29) is 0 Å². The molecule has 4 radical (unpaired) electrons. The zero-order valence-corrected chi connectivity index (χ0v) is 14.1. The van der Waals surface area contributed by atoms with Gasteiger partial charge in [-0.3, -0.25) is 0 Å². The van der Waals surface area contributed by atoms with E-state index in [9.17, 15) is 0 Å². The fourth-order valence-electron chi connectivity index (χ4n) is 1.77. The van der Waals surface area contributed by atoms with E-state index >= 15 is 0 Å². The molecule has 3 rings (SSSR count). The topological polar surface area (TPSA) is 51.6 Å². The molecule has 94 valence electrons. The van der Waals surface area contributed by atoms with E-state index in [1.165, 1.54) is 0 Å². The van der Waals surface area contributed by atoms with Crippen molar-refractivity contribution in [3.05, 3.63) is 48.5 Å². The summed E-state index contributed by atoms with van der Waals surface area (Å²) in [7, 11) is 0. The Morgan fingerprint density at radius 2 is 0.900 bits per heavy atom. The van der Waals surface area contributed by atoms with Crippen LogP contribution in [0.5, 0.6) is 0 Å². The van der Waals surface area contributed by atoms with E-state index in [1.54, 1.807) is 0 Å². The fraction of sp³-hybridized carbons (Fsp3) is 0. The Kier molecular flexibility index (Phi) is 3.95. The van der Waals surface area contributed by atoms with Gasteiger partial charge in [0.2, 0.25) is 0 Å². The van der Waals surface area contributed by atoms with Crippen LogP contribution in [-0.4, -0.2) is 54.1 Å². The fourth-order valence-corrected chi connectivity index (χ4v) is 2.86. The van der Waals surface area contributed by atoms with Crippen LogP contribution in [0.15, 0.2) is 48.5 Å². The summed E-state index contributed by atoms with van der Waals surface area (Å²) in [5, 5.41) is 16.7. The maximum absolute atomic E-state index is 4.19. The van der Waals surface area contributed by atoms with Gasteiger partial charge >= 0.3 is 134 Å². The second kappa shape index (κ2) is 5.86. The van der Waals surface area contributed by atoms with Crippen molar-refractivity contribution in [3.63, 3.8) is 0 Å². The van der Waals surface area contributed by atoms with Crippen molar-refractivity contribution in [1.29, 1.82) is 0 Å². The molecule has 2 aromatic carbocycles. The Hall–Kier alpha value is -1.50. The van der Waals surface area contributed by atoms with Gasteiger partial charge < -0.3 is 0 Å². The van der Waals surface area contributed by atoms with Gasteiger partial charge in [0.15, 0.2) is 0 Å². The summed E-state index contributed by atoms with van der Waals surface area (Å²) in [5.41, 5.74) is 1.86. The van der Waals surface area contributed by atoms with Crippen LogP contribution in [0.4, 0.5) is 0 Å². The van der Waals surface area contributed by atoms with Gasteiger partial charge in [-0.2, -0.15) is 0 Å². The monoisotopic (exact) mass is 382 g/mol. The number of benzene rings is 2. The number of nitrogens with zero attached hydrogens (tertiary/aromatic N) is 4. The van der Waals surface area contributed by atoms with Crippen LogP contribution in [0.1, 0.15) is 0 Å². The summed E-state index contributed by atoms with van der Waals surface area (Å²) in [4.78, 5) is 0. The van der Waals surface area contributed by atoms with E-state index in [1.807, 2.05) is 48.5 Å². The third-order valence-electron chi connectivity index (χ3n) is 2.77. The van der Waals surface area contributed by atoms with Crippen LogP contribution >= 0.6 is 0 Å². The van der Waals surface area contributed by atoms with Crippen LogP contribution < -0.4 is 8.70 Å². The van der Waals surface area contributed by atoms with Gasteiger partial charge in [0.25, 0.3) is 0 Å². The second-order valence-corrected chi connectivity index (χ2v) is 6.10. The Morgan fingerprint density at radius 3 is 1.25 bits per heavy atom. The molecule has 0 saturated carbocycles. The first-order chi connectivity index (χ1) is 9.75. The molecule has 0 aliphatic heterocycles. The molecule has 0 bridgehead atoms. The first-order valence-electron chi connectivity index (χ1n) is 5.90. The van der Waals surface area contributed by atoms with Crippen molar-refractivity contribution in [2.75, 3.05) is 0 Å². The molecule has 0 saturated heterocycles. The van der Waals surface area contributed by atoms with Crippen LogP contribution in [-0.2, 0) is 0 Å². The molecule has 4 nitrogen and oxygen atoms in total. The normalized spacial score (nSPS) is 10.5. The van der Waals surface area contributed by atoms with Crippen molar-refractivity contribution in [3.8, 4) is 22.8 Å². The average molecular weight is 382 g/mol. The summed E-state index contributed by atoms with van der Waals surface area (Å²) >= 11 is 5.01. The zero-order valence-electron chi connectivity index (χ0n) is 10.3. The first-order valence-corrected chi connectivity index (χ1v) is 7.77. The summed E-state index contributed by atoms with van der Waals surface area (Å²) in [6, 6.07) is 15.7. The van der Waals surface area contributed by atoms with Crippen molar-refractivity contribution < 1.29 is 0 Å². The summed E-state index contributed by atoms with van der Waals surface area (Å²) < 4.78 is 2.09. The zero-order chi connectivity index (χ0) is 13.9. The van der Waals surface area contributed by atoms with E-state index in [0.717, 1.165) is 19.8 Å². The van der Waals surface area contributed by atoms with Gasteiger partial charge in [-0.1, -0.05) is 0 Å². The molecule has 20 heavy (non-hydrogen) atoms. The molecule has 0 atom stereocenters. The Labute approximate surface area is 134 Å². The predicted octanol–water partition coefficient (Wildman–Crippen LogP) is 0.188. The van der Waals surface area contributed by atoms with Crippen molar-refractivity contribution >= 4 is 42.4 Å². The Morgan fingerprint density at radius 1 is 0.550 bits per heavy atom. The van der Waals surface area contributed by atoms with Crippen LogP contribution in [0.2, 0.25) is 0 Å². The number of aromatic nitrogens is 4. The van der Waals surface area contributed by atoms with Crippen molar-refractivity contribution in [2.45, 2.75) is 0 Å². The maximum atomic E-state index is 4.19. The number of hydrogen-bond acceptors (Lipinski definition) is 4. The molecule has 0 aliphatic carbocycles. The number of rotatable bonds is 2. The molecular formula is C14H8As2N4. The van der Waals surface area contributed by atoms with E-state index in [0.29, 0.717) is 11.6 Å². The van der Waals surface area contributed by atoms with Gasteiger partial charge in [0, 0.05) is 0 Å². The molecular weight excluding hydrogens is 374 g/mol. The molecule has 0 fully saturated rings. The molecule has 3 aromatic rings. The first kappa shape index (κ1) is 13.5. The van der Waals surface area contributed by atoms with Crippen molar-refractivity contribution in [2.24, 2.45) is 0 Å². The van der Waals surface area contributed by atoms with Gasteiger partial charge in [-0.25, -0.2) is 0 Å². The Balaban J connectivity index is 2.01. The molecule has 0 N–H and O–H groups in total. The molecule has 1 aromatic heterocycles. The van der Waals surface area contributed by atoms with E-state index < -0.39 is 0 Å². The summed E-state index contributed by atoms with van der Waals surface area (Å²) in [6.45, 7) is 0. The molecule has 6 heteroatoms.